The molecule has 0 aliphatic carbocycles. The molecule has 0 spiro atoms. The Bertz CT molecular complexity index is 1810. The number of likely N-dealkylation sites (N-methyl/N-ethyl adjacent to an activating group) is 1. The maximum Gasteiger partial charge on any atom is 0.319 e. The Labute approximate surface area is 259 Å². The monoisotopic (exact) mass is 616 g/mol. The third-order valence-corrected chi connectivity index (χ3v) is 8.88. The second-order valence-corrected chi connectivity index (χ2v) is 11.6. The second-order valence-electron chi connectivity index (χ2n) is 11.2. The van der Waals surface area contributed by atoms with Gasteiger partial charge in [0.25, 0.3) is 5.91 Å². The van der Waals surface area contributed by atoms with Crippen molar-refractivity contribution in [2.75, 3.05) is 51.3 Å². The number of carbonyl (C=O) groups excluding carboxylic acids is 1. The fraction of sp³-hybridized carbons (Fsp3) is 0.333. The first kappa shape index (κ1) is 29.7. The quantitative estimate of drug-likeness (QED) is 0.184. The van der Waals surface area contributed by atoms with Gasteiger partial charge >= 0.3 is 6.01 Å². The fourth-order valence-corrected chi connectivity index (χ4v) is 6.54. The van der Waals surface area contributed by atoms with Crippen LogP contribution in [-0.2, 0) is 4.79 Å². The van der Waals surface area contributed by atoms with Gasteiger partial charge in [-0.25, -0.2) is 15.4 Å². The summed E-state index contributed by atoms with van der Waals surface area (Å²) in [4.78, 5) is 30.7. The lowest BCUT2D eigenvalue weighted by Crippen LogP contribution is -2.56. The topological polar surface area (TPSA) is 66.2 Å². The molecule has 0 N–H and O–H groups in total. The standard InChI is InChI=1S/C33H31ClF2N6O2/c1-20(35)32(43)42-16-15-41(18-23(42)17-37-2)31-26-13-12-25(24-10-4-7-21-8-5-11-27(34)28(21)24)29(36)30(26)38-33(39-31)44-19-22-9-6-14-40(22)3/h4-5,7-8,10-13,22-23H,1,6,9,14-19H2,3H3/t22-,23-/m0/s1. The first-order chi connectivity index (χ1) is 21.3. The summed E-state index contributed by atoms with van der Waals surface area (Å²) in [5.41, 5.74) is 1.06. The zero-order valence-corrected chi connectivity index (χ0v) is 25.0. The van der Waals surface area contributed by atoms with E-state index in [1.54, 1.807) is 18.2 Å². The highest BCUT2D eigenvalue weighted by Gasteiger charge is 2.35. The fourth-order valence-electron chi connectivity index (χ4n) is 6.25. The number of carbonyl (C=O) groups is 1. The minimum Gasteiger partial charge on any atom is -0.462 e. The van der Waals surface area contributed by atoms with Crippen LogP contribution in [0.5, 0.6) is 6.01 Å². The van der Waals surface area contributed by atoms with Gasteiger partial charge in [-0.2, -0.15) is 9.97 Å². The summed E-state index contributed by atoms with van der Waals surface area (Å²) in [5.74, 6) is -2.02. The maximum atomic E-state index is 16.6. The highest BCUT2D eigenvalue weighted by molar-refractivity contribution is 6.36. The minimum atomic E-state index is -1.07. The Morgan fingerprint density at radius 3 is 2.64 bits per heavy atom. The molecule has 0 saturated carbocycles. The second kappa shape index (κ2) is 12.3. The first-order valence-electron chi connectivity index (χ1n) is 14.5. The summed E-state index contributed by atoms with van der Waals surface area (Å²) in [6.45, 7) is 12.5. The summed E-state index contributed by atoms with van der Waals surface area (Å²) in [7, 11) is 2.04. The van der Waals surface area contributed by atoms with E-state index in [1.165, 1.54) is 4.90 Å². The van der Waals surface area contributed by atoms with Gasteiger partial charge in [0.2, 0.25) is 6.54 Å². The minimum absolute atomic E-state index is 0.0315. The molecule has 1 aromatic heterocycles. The van der Waals surface area contributed by atoms with Crippen molar-refractivity contribution >= 4 is 45.0 Å². The van der Waals surface area contributed by atoms with Crippen molar-refractivity contribution in [2.24, 2.45) is 0 Å². The van der Waals surface area contributed by atoms with Gasteiger partial charge in [-0.05, 0) is 49.5 Å². The van der Waals surface area contributed by atoms with Crippen LogP contribution in [0.4, 0.5) is 14.6 Å². The van der Waals surface area contributed by atoms with Crippen LogP contribution in [0.15, 0.2) is 60.9 Å². The van der Waals surface area contributed by atoms with Crippen LogP contribution in [0, 0.1) is 12.4 Å². The van der Waals surface area contributed by atoms with Crippen molar-refractivity contribution in [2.45, 2.75) is 24.9 Å². The molecule has 6 rings (SSSR count). The zero-order valence-electron chi connectivity index (χ0n) is 24.3. The Morgan fingerprint density at radius 1 is 1.11 bits per heavy atom. The molecule has 0 bridgehead atoms. The molecule has 2 fully saturated rings. The molecule has 2 aliphatic rings. The molecule has 0 unspecified atom stereocenters. The maximum absolute atomic E-state index is 16.6. The Hall–Kier alpha value is -4.33. The van der Waals surface area contributed by atoms with Gasteiger partial charge in [0.1, 0.15) is 24.0 Å². The molecule has 1 amide bonds. The van der Waals surface area contributed by atoms with Crippen LogP contribution in [0.1, 0.15) is 12.8 Å². The number of aromatic nitrogens is 2. The summed E-state index contributed by atoms with van der Waals surface area (Å²) in [6.07, 6.45) is 2.04. The Balaban J connectivity index is 1.45. The number of anilines is 1. The van der Waals surface area contributed by atoms with E-state index < -0.39 is 23.6 Å². The lowest BCUT2D eigenvalue weighted by atomic mass is 9.96. The normalized spacial score (nSPS) is 19.0. The number of hydrogen-bond donors (Lipinski definition) is 0. The summed E-state index contributed by atoms with van der Waals surface area (Å²) in [5, 5.41) is 2.60. The third-order valence-electron chi connectivity index (χ3n) is 8.56. The number of benzene rings is 3. The average molecular weight is 617 g/mol. The average Bonchev–Trinajstić information content (AvgIpc) is 3.44. The number of piperazine rings is 1. The Kier molecular flexibility index (Phi) is 8.34. The van der Waals surface area contributed by atoms with Gasteiger partial charge in [-0.1, -0.05) is 54.6 Å². The number of rotatable bonds is 7. The Morgan fingerprint density at radius 2 is 1.91 bits per heavy atom. The van der Waals surface area contributed by atoms with Crippen LogP contribution < -0.4 is 9.64 Å². The zero-order chi connectivity index (χ0) is 31.0. The van der Waals surface area contributed by atoms with Crippen LogP contribution in [0.3, 0.4) is 0 Å². The molecule has 11 heteroatoms. The van der Waals surface area contributed by atoms with E-state index in [0.717, 1.165) is 30.2 Å². The van der Waals surface area contributed by atoms with E-state index in [2.05, 4.69) is 21.3 Å². The highest BCUT2D eigenvalue weighted by Crippen LogP contribution is 2.39. The highest BCUT2D eigenvalue weighted by atomic mass is 35.5. The van der Waals surface area contributed by atoms with E-state index in [-0.39, 0.29) is 43.7 Å². The number of fused-ring (bicyclic) bond motifs is 2. The number of halogens is 3. The predicted molar refractivity (Wildman–Crippen MR) is 168 cm³/mol. The van der Waals surface area contributed by atoms with Crippen LogP contribution in [-0.4, -0.2) is 84.1 Å². The number of likely N-dealkylation sites (tertiary alicyclic amines) is 1. The molecule has 226 valence electrons. The molecule has 3 heterocycles. The van der Waals surface area contributed by atoms with Crippen LogP contribution >= 0.6 is 11.6 Å². The van der Waals surface area contributed by atoms with E-state index in [4.69, 9.17) is 27.9 Å². The molecule has 4 aromatic rings. The van der Waals surface area contributed by atoms with Gasteiger partial charge in [0.15, 0.2) is 11.6 Å². The predicted octanol–water partition coefficient (Wildman–Crippen LogP) is 6.14. The molecule has 2 saturated heterocycles. The largest absolute Gasteiger partial charge is 0.462 e. The van der Waals surface area contributed by atoms with Crippen LogP contribution in [0.2, 0.25) is 5.02 Å². The molecule has 2 aliphatic heterocycles. The molecule has 3 aromatic carbocycles. The third kappa shape index (κ3) is 5.53. The first-order valence-corrected chi connectivity index (χ1v) is 14.9. The summed E-state index contributed by atoms with van der Waals surface area (Å²) >= 11 is 6.59. The van der Waals surface area contributed by atoms with E-state index in [1.807, 2.05) is 42.3 Å². The van der Waals surface area contributed by atoms with E-state index >= 15 is 4.39 Å². The van der Waals surface area contributed by atoms with Crippen molar-refractivity contribution in [3.63, 3.8) is 0 Å². The molecule has 44 heavy (non-hydrogen) atoms. The van der Waals surface area contributed by atoms with Crippen molar-refractivity contribution < 1.29 is 18.3 Å². The van der Waals surface area contributed by atoms with Crippen molar-refractivity contribution in [3.8, 4) is 17.1 Å². The van der Waals surface area contributed by atoms with Gasteiger partial charge < -0.3 is 24.3 Å². The van der Waals surface area contributed by atoms with Gasteiger partial charge in [0, 0.05) is 47.0 Å². The van der Waals surface area contributed by atoms with Gasteiger partial charge in [0.05, 0.1) is 0 Å². The molecule has 2 atom stereocenters. The number of ether oxygens (including phenoxy) is 1. The smallest absolute Gasteiger partial charge is 0.319 e. The number of hydrogen-bond acceptors (Lipinski definition) is 6. The van der Waals surface area contributed by atoms with Crippen molar-refractivity contribution in [1.82, 2.24) is 19.8 Å². The van der Waals surface area contributed by atoms with E-state index in [0.29, 0.717) is 34.0 Å². The summed E-state index contributed by atoms with van der Waals surface area (Å²) in [6, 6.07) is 14.3. The lowest BCUT2D eigenvalue weighted by molar-refractivity contribution is -0.131. The molecule has 0 radical (unpaired) electrons. The van der Waals surface area contributed by atoms with E-state index in [9.17, 15) is 9.18 Å². The number of amides is 1. The van der Waals surface area contributed by atoms with Gasteiger partial charge in [-0.3, -0.25) is 4.79 Å². The molecular weight excluding hydrogens is 586 g/mol. The van der Waals surface area contributed by atoms with Crippen molar-refractivity contribution in [1.29, 1.82) is 0 Å². The van der Waals surface area contributed by atoms with Gasteiger partial charge in [-0.15, -0.1) is 0 Å². The number of nitrogens with zero attached hydrogens (tertiary/aromatic N) is 6. The summed E-state index contributed by atoms with van der Waals surface area (Å²) < 4.78 is 36.5. The van der Waals surface area contributed by atoms with Crippen molar-refractivity contribution in [3.05, 3.63) is 83.2 Å². The lowest BCUT2D eigenvalue weighted by Gasteiger charge is -2.39. The SMILES string of the molecule is [C-]#[N+]C[C@H]1CN(c2nc(OC[C@@H]3CCCN3C)nc3c(F)c(-c4cccc5cccc(Cl)c45)ccc23)CCN1C(=O)C(=C)F. The molecular formula is C33H31ClF2N6O2. The van der Waals surface area contributed by atoms with Crippen LogP contribution in [0.25, 0.3) is 37.6 Å². The molecule has 8 nitrogen and oxygen atoms in total.